The van der Waals surface area contributed by atoms with Gasteiger partial charge in [0.2, 0.25) is 0 Å². The van der Waals surface area contributed by atoms with E-state index in [1.807, 2.05) is 0 Å². The van der Waals surface area contributed by atoms with Crippen molar-refractivity contribution < 1.29 is 19.7 Å². The molecule has 0 heterocycles. The maximum Gasteiger partial charge on any atom is 0.161 e. The SMILES string of the molecule is COc1ccc(C(O)C(O)CBr)cc1OC. The second kappa shape index (κ2) is 6.08. The van der Waals surface area contributed by atoms with Crippen molar-refractivity contribution in [1.82, 2.24) is 0 Å². The molecule has 16 heavy (non-hydrogen) atoms. The van der Waals surface area contributed by atoms with Gasteiger partial charge >= 0.3 is 0 Å². The van der Waals surface area contributed by atoms with Crippen LogP contribution >= 0.6 is 15.9 Å². The zero-order chi connectivity index (χ0) is 12.1. The first kappa shape index (κ1) is 13.3. The minimum atomic E-state index is -0.945. The number of hydrogen-bond donors (Lipinski definition) is 2. The zero-order valence-electron chi connectivity index (χ0n) is 9.18. The van der Waals surface area contributed by atoms with Crippen LogP contribution in [-0.2, 0) is 0 Å². The maximum absolute atomic E-state index is 9.80. The molecule has 1 aromatic carbocycles. The average Bonchev–Trinajstić information content (AvgIpc) is 2.35. The maximum atomic E-state index is 9.80. The Morgan fingerprint density at radius 2 is 1.81 bits per heavy atom. The van der Waals surface area contributed by atoms with Crippen LogP contribution in [0.5, 0.6) is 11.5 Å². The number of alkyl halides is 1. The van der Waals surface area contributed by atoms with Crippen LogP contribution < -0.4 is 9.47 Å². The van der Waals surface area contributed by atoms with Gasteiger partial charge in [0, 0.05) is 5.33 Å². The van der Waals surface area contributed by atoms with E-state index in [-0.39, 0.29) is 0 Å². The first-order valence-electron chi connectivity index (χ1n) is 4.78. The molecule has 0 bridgehead atoms. The predicted molar refractivity (Wildman–Crippen MR) is 64.3 cm³/mol. The van der Waals surface area contributed by atoms with Gasteiger partial charge in [0.15, 0.2) is 11.5 Å². The molecule has 5 heteroatoms. The highest BCUT2D eigenvalue weighted by atomic mass is 79.9. The van der Waals surface area contributed by atoms with Crippen molar-refractivity contribution in [1.29, 1.82) is 0 Å². The first-order valence-corrected chi connectivity index (χ1v) is 5.90. The molecule has 0 aliphatic carbocycles. The van der Waals surface area contributed by atoms with Crippen LogP contribution in [-0.4, -0.2) is 35.9 Å². The van der Waals surface area contributed by atoms with Crippen molar-refractivity contribution in [3.05, 3.63) is 23.8 Å². The molecule has 0 saturated carbocycles. The van der Waals surface area contributed by atoms with Crippen LogP contribution in [0.25, 0.3) is 0 Å². The van der Waals surface area contributed by atoms with Crippen LogP contribution in [0.4, 0.5) is 0 Å². The first-order chi connectivity index (χ1) is 7.63. The Kier molecular flexibility index (Phi) is 5.05. The highest BCUT2D eigenvalue weighted by Crippen LogP contribution is 2.31. The summed E-state index contributed by atoms with van der Waals surface area (Å²) in [5.41, 5.74) is 0.588. The van der Waals surface area contributed by atoms with Gasteiger partial charge in [-0.05, 0) is 17.7 Å². The molecule has 2 atom stereocenters. The van der Waals surface area contributed by atoms with Crippen molar-refractivity contribution >= 4 is 15.9 Å². The van der Waals surface area contributed by atoms with Crippen molar-refractivity contribution in [2.75, 3.05) is 19.5 Å². The Hall–Kier alpha value is -0.780. The number of halogens is 1. The molecule has 4 nitrogen and oxygen atoms in total. The van der Waals surface area contributed by atoms with E-state index in [0.29, 0.717) is 22.4 Å². The number of rotatable bonds is 5. The monoisotopic (exact) mass is 290 g/mol. The molecule has 0 spiro atoms. The molecule has 2 unspecified atom stereocenters. The van der Waals surface area contributed by atoms with Crippen LogP contribution in [0.2, 0.25) is 0 Å². The second-order valence-corrected chi connectivity index (χ2v) is 3.93. The zero-order valence-corrected chi connectivity index (χ0v) is 10.8. The highest BCUT2D eigenvalue weighted by Gasteiger charge is 2.18. The molecule has 90 valence electrons. The van der Waals surface area contributed by atoms with E-state index in [1.54, 1.807) is 25.3 Å². The van der Waals surface area contributed by atoms with E-state index in [1.165, 1.54) is 7.11 Å². The van der Waals surface area contributed by atoms with E-state index in [4.69, 9.17) is 9.47 Å². The molecule has 0 amide bonds. The Labute approximate surface area is 103 Å². The molecule has 0 fully saturated rings. The van der Waals surface area contributed by atoms with Gasteiger partial charge in [0.25, 0.3) is 0 Å². The standard InChI is InChI=1S/C11H15BrO4/c1-15-9-4-3-7(5-10(9)16-2)11(14)8(13)6-12/h3-5,8,11,13-14H,6H2,1-2H3. The Bertz CT molecular complexity index is 343. The average molecular weight is 291 g/mol. The van der Waals surface area contributed by atoms with Gasteiger partial charge in [0.1, 0.15) is 6.10 Å². The highest BCUT2D eigenvalue weighted by molar-refractivity contribution is 9.09. The topological polar surface area (TPSA) is 58.9 Å². The Balaban J connectivity index is 2.98. The summed E-state index contributed by atoms with van der Waals surface area (Å²) in [6.45, 7) is 0. The van der Waals surface area contributed by atoms with Crippen molar-refractivity contribution in [3.63, 3.8) is 0 Å². The van der Waals surface area contributed by atoms with Gasteiger partial charge in [-0.1, -0.05) is 22.0 Å². The number of hydrogen-bond acceptors (Lipinski definition) is 4. The summed E-state index contributed by atoms with van der Waals surface area (Å²) in [5, 5.41) is 19.6. The molecule has 1 rings (SSSR count). The number of aliphatic hydroxyl groups is 2. The molecule has 0 saturated heterocycles. The van der Waals surface area contributed by atoms with Gasteiger partial charge < -0.3 is 19.7 Å². The Morgan fingerprint density at radius 3 is 2.31 bits per heavy atom. The van der Waals surface area contributed by atoms with Crippen molar-refractivity contribution in [3.8, 4) is 11.5 Å². The third-order valence-electron chi connectivity index (χ3n) is 2.27. The predicted octanol–water partition coefficient (Wildman–Crippen LogP) is 1.49. The summed E-state index contributed by atoms with van der Waals surface area (Å²) in [5.74, 6) is 1.12. The van der Waals surface area contributed by atoms with E-state index < -0.39 is 12.2 Å². The third kappa shape index (κ3) is 2.87. The quantitative estimate of drug-likeness (QED) is 0.807. The third-order valence-corrected chi connectivity index (χ3v) is 2.94. The summed E-state index contributed by atoms with van der Waals surface area (Å²) in [6, 6.07) is 5.03. The lowest BCUT2D eigenvalue weighted by atomic mass is 10.0. The molecule has 0 aliphatic rings. The van der Waals surface area contributed by atoms with Gasteiger partial charge in [-0.3, -0.25) is 0 Å². The summed E-state index contributed by atoms with van der Waals surface area (Å²) in [7, 11) is 3.07. The second-order valence-electron chi connectivity index (χ2n) is 3.28. The normalized spacial score (nSPS) is 14.3. The van der Waals surface area contributed by atoms with E-state index in [0.717, 1.165) is 0 Å². The van der Waals surface area contributed by atoms with Crippen molar-refractivity contribution in [2.45, 2.75) is 12.2 Å². The van der Waals surface area contributed by atoms with E-state index >= 15 is 0 Å². The largest absolute Gasteiger partial charge is 0.493 e. The minimum Gasteiger partial charge on any atom is -0.493 e. The molecule has 2 N–H and O–H groups in total. The molecular formula is C11H15BrO4. The van der Waals surface area contributed by atoms with Gasteiger partial charge in [-0.2, -0.15) is 0 Å². The minimum absolute atomic E-state index is 0.308. The van der Waals surface area contributed by atoms with Gasteiger partial charge in [-0.15, -0.1) is 0 Å². The van der Waals surface area contributed by atoms with E-state index in [2.05, 4.69) is 15.9 Å². The van der Waals surface area contributed by atoms with Crippen LogP contribution in [0.1, 0.15) is 11.7 Å². The molecule has 0 radical (unpaired) electrons. The molecule has 0 aliphatic heterocycles. The number of benzene rings is 1. The fourth-order valence-corrected chi connectivity index (χ4v) is 1.70. The van der Waals surface area contributed by atoms with Crippen LogP contribution in [0, 0.1) is 0 Å². The number of methoxy groups -OCH3 is 2. The number of ether oxygens (including phenoxy) is 2. The molecular weight excluding hydrogens is 276 g/mol. The van der Waals surface area contributed by atoms with E-state index in [9.17, 15) is 10.2 Å². The number of aliphatic hydroxyl groups excluding tert-OH is 2. The van der Waals surface area contributed by atoms with Crippen LogP contribution in [0.3, 0.4) is 0 Å². The summed E-state index contributed by atoms with van der Waals surface area (Å²) in [4.78, 5) is 0. The van der Waals surface area contributed by atoms with Crippen molar-refractivity contribution in [2.24, 2.45) is 0 Å². The molecule has 1 aromatic rings. The van der Waals surface area contributed by atoms with Gasteiger partial charge in [-0.25, -0.2) is 0 Å². The summed E-state index contributed by atoms with van der Waals surface area (Å²) >= 11 is 3.11. The smallest absolute Gasteiger partial charge is 0.161 e. The van der Waals surface area contributed by atoms with Gasteiger partial charge in [0.05, 0.1) is 20.3 Å². The lowest BCUT2D eigenvalue weighted by molar-refractivity contribution is 0.0341. The summed E-state index contributed by atoms with van der Waals surface area (Å²) < 4.78 is 10.2. The van der Waals surface area contributed by atoms with Crippen LogP contribution in [0.15, 0.2) is 18.2 Å². The molecule has 0 aromatic heterocycles. The fourth-order valence-electron chi connectivity index (χ4n) is 1.34. The Morgan fingerprint density at radius 1 is 1.19 bits per heavy atom. The fraction of sp³-hybridized carbons (Fsp3) is 0.455. The summed E-state index contributed by atoms with van der Waals surface area (Å²) in [6.07, 6.45) is -1.79. The lowest BCUT2D eigenvalue weighted by Gasteiger charge is -2.17. The lowest BCUT2D eigenvalue weighted by Crippen LogP contribution is -2.19.